The smallest absolute Gasteiger partial charge is 0.139 e. The van der Waals surface area contributed by atoms with Gasteiger partial charge in [0, 0.05) is 22.3 Å². The van der Waals surface area contributed by atoms with Crippen molar-refractivity contribution in [3.05, 3.63) is 40.1 Å². The zero-order valence-electron chi connectivity index (χ0n) is 12.0. The summed E-state index contributed by atoms with van der Waals surface area (Å²) in [5, 5.41) is 6.65. The fourth-order valence-electron chi connectivity index (χ4n) is 2.03. The van der Waals surface area contributed by atoms with E-state index in [1.807, 2.05) is 12.1 Å². The summed E-state index contributed by atoms with van der Waals surface area (Å²) >= 11 is 3.51. The summed E-state index contributed by atoms with van der Waals surface area (Å²) in [5.74, 6) is 1.77. The van der Waals surface area contributed by atoms with E-state index < -0.39 is 0 Å². The second-order valence-electron chi connectivity index (χ2n) is 4.52. The molecule has 5 heteroatoms. The number of hydrogen-bond acceptors (Lipinski definition) is 4. The molecule has 0 amide bonds. The van der Waals surface area contributed by atoms with Crippen molar-refractivity contribution in [1.82, 2.24) is 9.97 Å². The van der Waals surface area contributed by atoms with Crippen LogP contribution in [-0.4, -0.2) is 16.5 Å². The van der Waals surface area contributed by atoms with Gasteiger partial charge in [0.1, 0.15) is 18.0 Å². The van der Waals surface area contributed by atoms with Gasteiger partial charge in [0.15, 0.2) is 0 Å². The largest absolute Gasteiger partial charge is 0.370 e. The summed E-state index contributed by atoms with van der Waals surface area (Å²) in [6.07, 6.45) is 2.46. The molecule has 0 unspecified atom stereocenters. The molecule has 0 aliphatic carbocycles. The van der Waals surface area contributed by atoms with Crippen molar-refractivity contribution in [3.8, 4) is 0 Å². The Morgan fingerprint density at radius 1 is 1.15 bits per heavy atom. The van der Waals surface area contributed by atoms with E-state index in [0.717, 1.165) is 40.3 Å². The topological polar surface area (TPSA) is 49.8 Å². The maximum Gasteiger partial charge on any atom is 0.139 e. The van der Waals surface area contributed by atoms with Crippen LogP contribution in [0.4, 0.5) is 17.3 Å². The third-order valence-corrected chi connectivity index (χ3v) is 3.95. The highest BCUT2D eigenvalue weighted by molar-refractivity contribution is 9.10. The Bertz CT molecular complexity index is 598. The summed E-state index contributed by atoms with van der Waals surface area (Å²) in [7, 11) is 0. The number of anilines is 3. The molecule has 0 spiro atoms. The molecular weight excluding hydrogens is 316 g/mol. The normalized spacial score (nSPS) is 10.4. The van der Waals surface area contributed by atoms with E-state index in [1.54, 1.807) is 6.33 Å². The zero-order chi connectivity index (χ0) is 14.5. The average Bonchev–Trinajstić information content (AvgIpc) is 2.44. The Kier molecular flexibility index (Phi) is 4.95. The Balaban J connectivity index is 2.32. The van der Waals surface area contributed by atoms with Gasteiger partial charge in [-0.1, -0.05) is 22.9 Å². The molecule has 2 rings (SSSR count). The maximum atomic E-state index is 4.37. The van der Waals surface area contributed by atoms with Gasteiger partial charge in [-0.2, -0.15) is 0 Å². The highest BCUT2D eigenvalue weighted by Crippen LogP contribution is 2.26. The van der Waals surface area contributed by atoms with Crippen LogP contribution < -0.4 is 10.6 Å². The summed E-state index contributed by atoms with van der Waals surface area (Å²) < 4.78 is 1.11. The van der Waals surface area contributed by atoms with E-state index >= 15 is 0 Å². The standard InChI is InChI=1S/C15H19BrN4/c1-4-12-14(17-5-2)18-9-19-15(12)20-11-6-7-13(16)10(3)8-11/h6-9H,4-5H2,1-3H3,(H2,17,18,19,20). The minimum atomic E-state index is 0.848. The Morgan fingerprint density at radius 3 is 2.55 bits per heavy atom. The number of benzene rings is 1. The minimum absolute atomic E-state index is 0.848. The highest BCUT2D eigenvalue weighted by Gasteiger charge is 2.09. The highest BCUT2D eigenvalue weighted by atomic mass is 79.9. The lowest BCUT2D eigenvalue weighted by Crippen LogP contribution is -2.07. The van der Waals surface area contributed by atoms with Gasteiger partial charge in [0.05, 0.1) is 0 Å². The number of aromatic nitrogens is 2. The molecule has 20 heavy (non-hydrogen) atoms. The third-order valence-electron chi connectivity index (χ3n) is 3.06. The first-order chi connectivity index (χ1) is 9.65. The maximum absolute atomic E-state index is 4.37. The molecule has 1 aromatic carbocycles. The molecular formula is C15H19BrN4. The number of nitrogens with one attached hydrogen (secondary N) is 2. The summed E-state index contributed by atoms with van der Waals surface area (Å²) in [5.41, 5.74) is 3.32. The predicted molar refractivity (Wildman–Crippen MR) is 87.7 cm³/mol. The van der Waals surface area contributed by atoms with Gasteiger partial charge in [-0.25, -0.2) is 9.97 Å². The number of nitrogens with zero attached hydrogens (tertiary/aromatic N) is 2. The third kappa shape index (κ3) is 3.28. The molecule has 0 fully saturated rings. The summed E-state index contributed by atoms with van der Waals surface area (Å²) in [6, 6.07) is 6.17. The lowest BCUT2D eigenvalue weighted by atomic mass is 10.2. The first-order valence-corrected chi connectivity index (χ1v) is 7.55. The SMILES string of the molecule is CCNc1ncnc(Nc2ccc(Br)c(C)c2)c1CC. The molecule has 2 N–H and O–H groups in total. The van der Waals surface area contributed by atoms with Gasteiger partial charge in [-0.15, -0.1) is 0 Å². The molecule has 0 radical (unpaired) electrons. The van der Waals surface area contributed by atoms with Crippen molar-refractivity contribution in [2.45, 2.75) is 27.2 Å². The molecule has 1 aromatic heterocycles. The monoisotopic (exact) mass is 334 g/mol. The van der Waals surface area contributed by atoms with Crippen LogP contribution in [0.1, 0.15) is 25.0 Å². The molecule has 0 aliphatic heterocycles. The van der Waals surface area contributed by atoms with Crippen molar-refractivity contribution < 1.29 is 0 Å². The molecule has 2 aromatic rings. The fraction of sp³-hybridized carbons (Fsp3) is 0.333. The van der Waals surface area contributed by atoms with Gasteiger partial charge in [-0.05, 0) is 44.0 Å². The molecule has 0 saturated carbocycles. The van der Waals surface area contributed by atoms with Crippen molar-refractivity contribution in [2.24, 2.45) is 0 Å². The fourth-order valence-corrected chi connectivity index (χ4v) is 2.28. The molecule has 0 bridgehead atoms. The Hall–Kier alpha value is -1.62. The van der Waals surface area contributed by atoms with E-state index in [4.69, 9.17) is 0 Å². The van der Waals surface area contributed by atoms with E-state index in [0.29, 0.717) is 0 Å². The average molecular weight is 335 g/mol. The van der Waals surface area contributed by atoms with Gasteiger partial charge in [0.2, 0.25) is 0 Å². The quantitative estimate of drug-likeness (QED) is 0.856. The van der Waals surface area contributed by atoms with Crippen LogP contribution in [0.15, 0.2) is 29.0 Å². The van der Waals surface area contributed by atoms with Gasteiger partial charge in [0.25, 0.3) is 0 Å². The van der Waals surface area contributed by atoms with Crippen molar-refractivity contribution in [1.29, 1.82) is 0 Å². The van der Waals surface area contributed by atoms with E-state index in [9.17, 15) is 0 Å². The summed E-state index contributed by atoms with van der Waals surface area (Å²) in [6.45, 7) is 7.09. The number of halogens is 1. The van der Waals surface area contributed by atoms with Crippen LogP contribution in [0.25, 0.3) is 0 Å². The van der Waals surface area contributed by atoms with Gasteiger partial charge in [-0.3, -0.25) is 0 Å². The molecule has 1 heterocycles. The van der Waals surface area contributed by atoms with Gasteiger partial charge >= 0.3 is 0 Å². The first-order valence-electron chi connectivity index (χ1n) is 6.76. The van der Waals surface area contributed by atoms with Crippen LogP contribution in [0.5, 0.6) is 0 Å². The van der Waals surface area contributed by atoms with Crippen molar-refractivity contribution in [2.75, 3.05) is 17.2 Å². The Labute approximate surface area is 128 Å². The zero-order valence-corrected chi connectivity index (χ0v) is 13.6. The second-order valence-corrected chi connectivity index (χ2v) is 5.38. The Morgan fingerprint density at radius 2 is 1.90 bits per heavy atom. The van der Waals surface area contributed by atoms with Crippen LogP contribution in [0.3, 0.4) is 0 Å². The van der Waals surface area contributed by atoms with Crippen LogP contribution in [0, 0.1) is 6.92 Å². The van der Waals surface area contributed by atoms with Gasteiger partial charge < -0.3 is 10.6 Å². The lowest BCUT2D eigenvalue weighted by Gasteiger charge is -2.14. The number of aryl methyl sites for hydroxylation is 1. The lowest BCUT2D eigenvalue weighted by molar-refractivity contribution is 1.03. The first kappa shape index (κ1) is 14.8. The predicted octanol–water partition coefficient (Wildman–Crippen LogP) is 4.29. The van der Waals surface area contributed by atoms with Crippen LogP contribution in [0.2, 0.25) is 0 Å². The minimum Gasteiger partial charge on any atom is -0.370 e. The van der Waals surface area contributed by atoms with Crippen molar-refractivity contribution >= 4 is 33.3 Å². The van der Waals surface area contributed by atoms with Crippen molar-refractivity contribution in [3.63, 3.8) is 0 Å². The van der Waals surface area contributed by atoms with Crippen LogP contribution in [-0.2, 0) is 6.42 Å². The van der Waals surface area contributed by atoms with Crippen LogP contribution >= 0.6 is 15.9 Å². The van der Waals surface area contributed by atoms with E-state index in [2.05, 4.69) is 63.4 Å². The molecule has 0 aliphatic rings. The molecule has 4 nitrogen and oxygen atoms in total. The molecule has 0 saturated heterocycles. The van der Waals surface area contributed by atoms with E-state index in [-0.39, 0.29) is 0 Å². The second kappa shape index (κ2) is 6.70. The van der Waals surface area contributed by atoms with E-state index in [1.165, 1.54) is 5.56 Å². The number of hydrogen-bond donors (Lipinski definition) is 2. The summed E-state index contributed by atoms with van der Waals surface area (Å²) in [4.78, 5) is 8.67. The molecule has 0 atom stereocenters. The number of rotatable bonds is 5. The molecule has 106 valence electrons.